The highest BCUT2D eigenvalue weighted by Gasteiger charge is 2.50. The molecule has 0 radical (unpaired) electrons. The predicted octanol–water partition coefficient (Wildman–Crippen LogP) is 1.86. The second kappa shape index (κ2) is 6.25. The molecule has 1 saturated carbocycles. The van der Waals surface area contributed by atoms with Gasteiger partial charge >= 0.3 is 0 Å². The van der Waals surface area contributed by atoms with E-state index in [2.05, 4.69) is 50.4 Å². The van der Waals surface area contributed by atoms with Gasteiger partial charge in [0, 0.05) is 19.1 Å². The molecule has 1 heterocycles. The van der Waals surface area contributed by atoms with E-state index in [4.69, 9.17) is 0 Å². The summed E-state index contributed by atoms with van der Waals surface area (Å²) in [5.74, 6) is 0.826. The van der Waals surface area contributed by atoms with Gasteiger partial charge in [-0.2, -0.15) is 0 Å². The Morgan fingerprint density at radius 2 is 2.14 bits per heavy atom. The zero-order valence-corrected chi connectivity index (χ0v) is 14.5. The van der Waals surface area contributed by atoms with Gasteiger partial charge in [-0.15, -0.1) is 0 Å². The van der Waals surface area contributed by atoms with E-state index in [9.17, 15) is 4.79 Å². The zero-order chi connectivity index (χ0) is 15.7. The maximum absolute atomic E-state index is 13.0. The molecule has 4 nitrogen and oxygen atoms in total. The first-order valence-electron chi connectivity index (χ1n) is 8.44. The van der Waals surface area contributed by atoms with Gasteiger partial charge in [0.25, 0.3) is 0 Å². The molecular weight excluding hydrogens is 262 g/mol. The minimum Gasteiger partial charge on any atom is -0.353 e. The lowest BCUT2D eigenvalue weighted by molar-refractivity contribution is -0.135. The van der Waals surface area contributed by atoms with Crippen LogP contribution in [0.15, 0.2) is 0 Å². The van der Waals surface area contributed by atoms with Gasteiger partial charge in [0.2, 0.25) is 5.91 Å². The molecule has 0 bridgehead atoms. The third-order valence-electron chi connectivity index (χ3n) is 5.73. The Morgan fingerprint density at radius 3 is 2.81 bits per heavy atom. The van der Waals surface area contributed by atoms with Crippen molar-refractivity contribution in [2.24, 2.45) is 16.7 Å². The van der Waals surface area contributed by atoms with Gasteiger partial charge in [0.05, 0.1) is 5.41 Å². The van der Waals surface area contributed by atoms with Gasteiger partial charge in [-0.1, -0.05) is 26.7 Å². The van der Waals surface area contributed by atoms with Crippen molar-refractivity contribution >= 4 is 5.91 Å². The summed E-state index contributed by atoms with van der Waals surface area (Å²) < 4.78 is 0. The highest BCUT2D eigenvalue weighted by Crippen LogP contribution is 2.44. The van der Waals surface area contributed by atoms with Crippen LogP contribution in [0.5, 0.6) is 0 Å². The van der Waals surface area contributed by atoms with Crippen molar-refractivity contribution in [1.29, 1.82) is 0 Å². The third-order valence-corrected chi connectivity index (χ3v) is 5.73. The summed E-state index contributed by atoms with van der Waals surface area (Å²) in [6, 6.07) is 0.185. The minimum absolute atomic E-state index is 0.0754. The molecule has 0 spiro atoms. The lowest BCUT2D eigenvalue weighted by Gasteiger charge is -2.41. The molecule has 2 fully saturated rings. The summed E-state index contributed by atoms with van der Waals surface area (Å²) in [4.78, 5) is 15.2. The minimum atomic E-state index is -0.138. The van der Waals surface area contributed by atoms with E-state index >= 15 is 0 Å². The molecule has 1 amide bonds. The standard InChI is InChI=1S/C17H33N3O/c1-13(16(2,3)12-20(4)5)19-15(21)17-9-7-6-8-14(17)10-18-11-17/h13-14,18H,6-12H2,1-5H3,(H,19,21)/t13?,14-,17+/m0/s1. The number of nitrogens with one attached hydrogen (secondary N) is 2. The lowest BCUT2D eigenvalue weighted by atomic mass is 9.67. The molecular formula is C17H33N3O. The number of fused-ring (bicyclic) bond motifs is 1. The molecule has 122 valence electrons. The average molecular weight is 295 g/mol. The summed E-state index contributed by atoms with van der Waals surface area (Å²) in [5, 5.41) is 6.81. The Morgan fingerprint density at radius 1 is 1.43 bits per heavy atom. The lowest BCUT2D eigenvalue weighted by Crippen LogP contribution is -2.54. The maximum atomic E-state index is 13.0. The van der Waals surface area contributed by atoms with Crippen LogP contribution in [0.4, 0.5) is 0 Å². The monoisotopic (exact) mass is 295 g/mol. The van der Waals surface area contributed by atoms with Crippen LogP contribution < -0.4 is 10.6 Å². The maximum Gasteiger partial charge on any atom is 0.228 e. The van der Waals surface area contributed by atoms with Crippen LogP contribution in [0.1, 0.15) is 46.5 Å². The Bertz CT molecular complexity index is 380. The number of carbonyl (C=O) groups is 1. The summed E-state index contributed by atoms with van der Waals surface area (Å²) in [6.45, 7) is 9.48. The molecule has 0 aromatic carbocycles. The van der Waals surface area contributed by atoms with Gasteiger partial charge in [0.1, 0.15) is 0 Å². The van der Waals surface area contributed by atoms with Crippen molar-refractivity contribution in [3.8, 4) is 0 Å². The quantitative estimate of drug-likeness (QED) is 0.814. The topological polar surface area (TPSA) is 44.4 Å². The Kier molecular flexibility index (Phi) is 4.99. The normalized spacial score (nSPS) is 31.0. The van der Waals surface area contributed by atoms with Gasteiger partial charge < -0.3 is 15.5 Å². The molecule has 4 heteroatoms. The van der Waals surface area contributed by atoms with Gasteiger partial charge in [-0.05, 0) is 51.7 Å². The van der Waals surface area contributed by atoms with Crippen molar-refractivity contribution in [3.63, 3.8) is 0 Å². The molecule has 0 aromatic heterocycles. The first-order chi connectivity index (χ1) is 9.78. The number of nitrogens with zero attached hydrogens (tertiary/aromatic N) is 1. The molecule has 2 rings (SSSR count). The number of rotatable bonds is 5. The summed E-state index contributed by atoms with van der Waals surface area (Å²) in [5.41, 5.74) is -0.0628. The largest absolute Gasteiger partial charge is 0.353 e. The Balaban J connectivity index is 2.03. The fraction of sp³-hybridized carbons (Fsp3) is 0.941. The van der Waals surface area contributed by atoms with Crippen molar-refractivity contribution in [3.05, 3.63) is 0 Å². The summed E-state index contributed by atoms with van der Waals surface area (Å²) in [7, 11) is 4.18. The van der Waals surface area contributed by atoms with Gasteiger partial charge in [0.15, 0.2) is 0 Å². The molecule has 1 saturated heterocycles. The SMILES string of the molecule is CC(NC(=O)[C@@]12CCCC[C@H]1CNC2)C(C)(C)CN(C)C. The second-order valence-corrected chi connectivity index (χ2v) is 8.15. The first kappa shape index (κ1) is 16.8. The Hall–Kier alpha value is -0.610. The van der Waals surface area contributed by atoms with Crippen LogP contribution in [0.3, 0.4) is 0 Å². The van der Waals surface area contributed by atoms with E-state index in [1.54, 1.807) is 0 Å². The van der Waals surface area contributed by atoms with Gasteiger partial charge in [-0.25, -0.2) is 0 Å². The molecule has 1 aliphatic heterocycles. The van der Waals surface area contributed by atoms with Crippen LogP contribution in [0.25, 0.3) is 0 Å². The van der Waals surface area contributed by atoms with Crippen LogP contribution in [-0.4, -0.2) is 50.6 Å². The first-order valence-corrected chi connectivity index (χ1v) is 8.44. The number of carbonyl (C=O) groups excluding carboxylic acids is 1. The van der Waals surface area contributed by atoms with Crippen molar-refractivity contribution < 1.29 is 4.79 Å². The number of hydrogen-bond donors (Lipinski definition) is 2. The predicted molar refractivity (Wildman–Crippen MR) is 87.2 cm³/mol. The van der Waals surface area contributed by atoms with Crippen LogP contribution >= 0.6 is 0 Å². The molecule has 21 heavy (non-hydrogen) atoms. The van der Waals surface area contributed by atoms with Crippen molar-refractivity contribution in [1.82, 2.24) is 15.5 Å². The average Bonchev–Trinajstić information content (AvgIpc) is 2.81. The van der Waals surface area contributed by atoms with Crippen molar-refractivity contribution in [2.75, 3.05) is 33.7 Å². The van der Waals surface area contributed by atoms with Crippen LogP contribution in [0, 0.1) is 16.7 Å². The molecule has 2 N–H and O–H groups in total. The smallest absolute Gasteiger partial charge is 0.228 e. The molecule has 3 atom stereocenters. The fourth-order valence-corrected chi connectivity index (χ4v) is 4.18. The van der Waals surface area contributed by atoms with E-state index in [-0.39, 0.29) is 22.8 Å². The van der Waals surface area contributed by atoms with E-state index in [0.717, 1.165) is 26.1 Å². The molecule has 0 aromatic rings. The summed E-state index contributed by atoms with van der Waals surface area (Å²) >= 11 is 0. The van der Waals surface area contributed by atoms with E-state index in [0.29, 0.717) is 5.92 Å². The Labute approximate surface area is 130 Å². The van der Waals surface area contributed by atoms with E-state index < -0.39 is 0 Å². The molecule has 2 aliphatic rings. The highest BCUT2D eigenvalue weighted by atomic mass is 16.2. The van der Waals surface area contributed by atoms with E-state index in [1.807, 2.05) is 0 Å². The molecule has 1 unspecified atom stereocenters. The highest BCUT2D eigenvalue weighted by molar-refractivity contribution is 5.84. The second-order valence-electron chi connectivity index (χ2n) is 8.15. The molecule has 1 aliphatic carbocycles. The number of hydrogen-bond acceptors (Lipinski definition) is 3. The number of amides is 1. The third kappa shape index (κ3) is 3.42. The van der Waals surface area contributed by atoms with Crippen LogP contribution in [0.2, 0.25) is 0 Å². The zero-order valence-electron chi connectivity index (χ0n) is 14.5. The van der Waals surface area contributed by atoms with Gasteiger partial charge in [-0.3, -0.25) is 4.79 Å². The van der Waals surface area contributed by atoms with Crippen LogP contribution in [-0.2, 0) is 4.79 Å². The van der Waals surface area contributed by atoms with Crippen molar-refractivity contribution in [2.45, 2.75) is 52.5 Å². The summed E-state index contributed by atoms with van der Waals surface area (Å²) in [6.07, 6.45) is 4.73. The van der Waals surface area contributed by atoms with E-state index in [1.165, 1.54) is 19.3 Å². The fourth-order valence-electron chi connectivity index (χ4n) is 4.18.